The molecule has 1 rings (SSSR count). The van der Waals surface area contributed by atoms with Crippen LogP contribution in [-0.4, -0.2) is 13.0 Å². The average molecular weight is 146 g/mol. The van der Waals surface area contributed by atoms with Gasteiger partial charge in [-0.2, -0.15) is 0 Å². The van der Waals surface area contributed by atoms with Gasteiger partial charge in [-0.05, 0) is 17.5 Å². The molecule has 0 aromatic heterocycles. The second-order valence-corrected chi connectivity index (χ2v) is 2.54. The minimum absolute atomic E-state index is 0.766. The van der Waals surface area contributed by atoms with Gasteiger partial charge in [0.05, 0.1) is 0 Å². The Hall–Kier alpha value is -0.755. The molecule has 0 heterocycles. The van der Waals surface area contributed by atoms with Gasteiger partial charge in [-0.1, -0.05) is 31.2 Å². The summed E-state index contributed by atoms with van der Waals surface area (Å²) in [7, 11) is 5.26. The Labute approximate surface area is 68.5 Å². The largest absolute Gasteiger partial charge is 0.398 e. The van der Waals surface area contributed by atoms with E-state index in [1.54, 1.807) is 0 Å². The van der Waals surface area contributed by atoms with Crippen LogP contribution in [0.4, 0.5) is 0 Å². The van der Waals surface area contributed by atoms with Gasteiger partial charge in [-0.3, -0.25) is 0 Å². The molecule has 0 spiro atoms. The molecular formula is C9H11BO. The third-order valence-electron chi connectivity index (χ3n) is 1.73. The van der Waals surface area contributed by atoms with Crippen LogP contribution in [0.2, 0.25) is 0 Å². The minimum Gasteiger partial charge on any atom is -0.398 e. The van der Waals surface area contributed by atoms with Gasteiger partial charge in [0, 0.05) is 6.00 Å². The highest BCUT2D eigenvalue weighted by Crippen LogP contribution is 2.10. The first-order valence-corrected chi connectivity index (χ1v) is 3.76. The number of hydrogen-bond acceptors (Lipinski definition) is 1. The number of aryl methyl sites for hydroxylation is 1. The van der Waals surface area contributed by atoms with Crippen molar-refractivity contribution < 1.29 is 5.11 Å². The Morgan fingerprint density at radius 3 is 2.27 bits per heavy atom. The van der Waals surface area contributed by atoms with Crippen LogP contribution in [-0.2, 0) is 6.42 Å². The van der Waals surface area contributed by atoms with Crippen LogP contribution in [0.15, 0.2) is 24.3 Å². The second-order valence-electron chi connectivity index (χ2n) is 2.54. The summed E-state index contributed by atoms with van der Waals surface area (Å²) in [6.07, 6.45) is 1.01. The normalized spacial score (nSPS) is 12.9. The SMILES string of the molecule is [B]C(O)c1ccc(CC)cc1. The van der Waals surface area contributed by atoms with Crippen molar-refractivity contribution in [1.29, 1.82) is 0 Å². The molecule has 1 nitrogen and oxygen atoms in total. The fourth-order valence-electron chi connectivity index (χ4n) is 0.951. The number of benzene rings is 1. The maximum absolute atomic E-state index is 8.97. The Kier molecular flexibility index (Phi) is 2.72. The standard InChI is InChI=1S/C9H11BO/c1-2-7-3-5-8(6-4-7)9(10)11/h3-6,9,11H,2H2,1H3. The van der Waals surface area contributed by atoms with E-state index < -0.39 is 6.00 Å². The number of hydrogen-bond donors (Lipinski definition) is 1. The van der Waals surface area contributed by atoms with Gasteiger partial charge >= 0.3 is 0 Å². The van der Waals surface area contributed by atoms with E-state index in [9.17, 15) is 0 Å². The van der Waals surface area contributed by atoms with Gasteiger partial charge in [0.1, 0.15) is 7.85 Å². The molecule has 0 fully saturated rings. The van der Waals surface area contributed by atoms with Crippen LogP contribution >= 0.6 is 0 Å². The molecule has 1 atom stereocenters. The fraction of sp³-hybridized carbons (Fsp3) is 0.333. The first-order valence-electron chi connectivity index (χ1n) is 3.76. The van der Waals surface area contributed by atoms with E-state index in [0.717, 1.165) is 12.0 Å². The van der Waals surface area contributed by atoms with Crippen molar-refractivity contribution in [1.82, 2.24) is 0 Å². The molecule has 11 heavy (non-hydrogen) atoms. The molecule has 1 unspecified atom stereocenters. The lowest BCUT2D eigenvalue weighted by molar-refractivity contribution is 0.262. The molecule has 1 aromatic rings. The zero-order valence-electron chi connectivity index (χ0n) is 6.62. The van der Waals surface area contributed by atoms with E-state index in [4.69, 9.17) is 13.0 Å². The molecule has 0 aliphatic rings. The van der Waals surface area contributed by atoms with Crippen LogP contribution in [0.1, 0.15) is 24.1 Å². The summed E-state index contributed by atoms with van der Waals surface area (Å²) in [5.74, 6) is 0. The van der Waals surface area contributed by atoms with Crippen LogP contribution in [0.25, 0.3) is 0 Å². The van der Waals surface area contributed by atoms with Crippen molar-refractivity contribution in [2.75, 3.05) is 0 Å². The van der Waals surface area contributed by atoms with Crippen molar-refractivity contribution in [3.8, 4) is 0 Å². The molecule has 0 saturated heterocycles. The van der Waals surface area contributed by atoms with E-state index in [1.807, 2.05) is 24.3 Å². The van der Waals surface area contributed by atoms with Crippen LogP contribution in [0, 0.1) is 0 Å². The Morgan fingerprint density at radius 1 is 1.36 bits per heavy atom. The monoisotopic (exact) mass is 146 g/mol. The summed E-state index contributed by atoms with van der Waals surface area (Å²) in [5, 5.41) is 8.97. The predicted molar refractivity (Wildman–Crippen MR) is 46.5 cm³/mol. The fourth-order valence-corrected chi connectivity index (χ4v) is 0.951. The lowest BCUT2D eigenvalue weighted by atomic mass is 9.92. The van der Waals surface area contributed by atoms with Crippen molar-refractivity contribution in [3.05, 3.63) is 35.4 Å². The Balaban J connectivity index is 2.83. The highest BCUT2D eigenvalue weighted by atomic mass is 16.3. The van der Waals surface area contributed by atoms with Crippen molar-refractivity contribution in [2.45, 2.75) is 19.3 Å². The zero-order chi connectivity index (χ0) is 8.27. The van der Waals surface area contributed by atoms with Crippen molar-refractivity contribution >= 4 is 7.85 Å². The summed E-state index contributed by atoms with van der Waals surface area (Å²) >= 11 is 0. The first kappa shape index (κ1) is 8.34. The van der Waals surface area contributed by atoms with E-state index in [0.29, 0.717) is 0 Å². The van der Waals surface area contributed by atoms with Gasteiger partial charge in [-0.25, -0.2) is 0 Å². The first-order chi connectivity index (χ1) is 5.24. The molecule has 56 valence electrons. The summed E-state index contributed by atoms with van der Waals surface area (Å²) in [6, 6.07) is 6.81. The van der Waals surface area contributed by atoms with Crippen LogP contribution in [0.3, 0.4) is 0 Å². The predicted octanol–water partition coefficient (Wildman–Crippen LogP) is 1.41. The summed E-state index contributed by atoms with van der Waals surface area (Å²) in [5.41, 5.74) is 2.02. The minimum atomic E-state index is -0.846. The Bertz CT molecular complexity index is 216. The lowest BCUT2D eigenvalue weighted by Gasteiger charge is -2.04. The molecule has 1 N–H and O–H groups in total. The van der Waals surface area contributed by atoms with Crippen molar-refractivity contribution in [3.63, 3.8) is 0 Å². The molecule has 0 bridgehead atoms. The smallest absolute Gasteiger partial charge is 0.115 e. The van der Waals surface area contributed by atoms with Crippen molar-refractivity contribution in [2.24, 2.45) is 0 Å². The zero-order valence-corrected chi connectivity index (χ0v) is 6.62. The molecule has 0 aliphatic heterocycles. The van der Waals surface area contributed by atoms with E-state index >= 15 is 0 Å². The Morgan fingerprint density at radius 2 is 1.91 bits per heavy atom. The van der Waals surface area contributed by atoms with E-state index in [2.05, 4.69) is 6.92 Å². The van der Waals surface area contributed by atoms with Gasteiger partial charge in [0.25, 0.3) is 0 Å². The van der Waals surface area contributed by atoms with Crippen LogP contribution in [0.5, 0.6) is 0 Å². The third-order valence-corrected chi connectivity index (χ3v) is 1.73. The highest BCUT2D eigenvalue weighted by Gasteiger charge is 1.97. The van der Waals surface area contributed by atoms with Gasteiger partial charge < -0.3 is 5.11 Å². The average Bonchev–Trinajstić information content (AvgIpc) is 2.05. The number of aliphatic hydroxyl groups excluding tert-OH is 1. The summed E-state index contributed by atoms with van der Waals surface area (Å²) < 4.78 is 0. The quantitative estimate of drug-likeness (QED) is 0.625. The molecular weight excluding hydrogens is 135 g/mol. The summed E-state index contributed by atoms with van der Waals surface area (Å²) in [6.45, 7) is 2.09. The van der Waals surface area contributed by atoms with Gasteiger partial charge in [0.2, 0.25) is 0 Å². The highest BCUT2D eigenvalue weighted by molar-refractivity contribution is 6.11. The third kappa shape index (κ3) is 2.09. The molecule has 1 aromatic carbocycles. The summed E-state index contributed by atoms with van der Waals surface area (Å²) in [4.78, 5) is 0. The van der Waals surface area contributed by atoms with E-state index in [-0.39, 0.29) is 0 Å². The maximum atomic E-state index is 8.97. The van der Waals surface area contributed by atoms with Gasteiger partial charge in [0.15, 0.2) is 0 Å². The van der Waals surface area contributed by atoms with Crippen LogP contribution < -0.4 is 0 Å². The molecule has 0 amide bonds. The van der Waals surface area contributed by atoms with Gasteiger partial charge in [-0.15, -0.1) is 0 Å². The van der Waals surface area contributed by atoms with E-state index in [1.165, 1.54) is 5.56 Å². The molecule has 2 heteroatoms. The topological polar surface area (TPSA) is 20.2 Å². The number of aliphatic hydroxyl groups is 1. The molecule has 0 saturated carbocycles. The maximum Gasteiger partial charge on any atom is 0.115 e. The second kappa shape index (κ2) is 3.58. The molecule has 2 radical (unpaired) electrons. The number of rotatable bonds is 2. The lowest BCUT2D eigenvalue weighted by Crippen LogP contribution is -1.95. The molecule has 0 aliphatic carbocycles.